The van der Waals surface area contributed by atoms with Gasteiger partial charge in [-0.1, -0.05) is 0 Å². The summed E-state index contributed by atoms with van der Waals surface area (Å²) in [6, 6.07) is -0.124. The summed E-state index contributed by atoms with van der Waals surface area (Å²) in [5.74, 6) is 0. The minimum absolute atomic E-state index is 0.124. The van der Waals surface area contributed by atoms with Crippen molar-refractivity contribution in [2.24, 2.45) is 5.73 Å². The number of nitrogens with two attached hydrogens (primary N) is 1. The molecule has 0 spiro atoms. The zero-order valence-corrected chi connectivity index (χ0v) is 15.8. The molecule has 168 valence electrons. The highest BCUT2D eigenvalue weighted by Crippen LogP contribution is 2.24. The number of urea groups is 1. The van der Waals surface area contributed by atoms with Gasteiger partial charge in [-0.3, -0.25) is 0 Å². The zero-order chi connectivity index (χ0) is 22.8. The van der Waals surface area contributed by atoms with E-state index >= 15 is 0 Å². The van der Waals surface area contributed by atoms with Gasteiger partial charge in [-0.2, -0.15) is 26.3 Å². The van der Waals surface area contributed by atoms with Gasteiger partial charge in [-0.25, -0.2) is 26.1 Å². The van der Waals surface area contributed by atoms with Crippen LogP contribution in [0.5, 0.6) is 0 Å². The number of alkyl halides is 6. The Kier molecular flexibility index (Phi) is 7.91. The van der Waals surface area contributed by atoms with Crippen LogP contribution in [-0.4, -0.2) is 98.3 Å². The van der Waals surface area contributed by atoms with Crippen LogP contribution >= 0.6 is 0 Å². The minimum atomic E-state index is -6.09. The topological polar surface area (TPSA) is 157 Å². The van der Waals surface area contributed by atoms with Crippen LogP contribution in [-0.2, 0) is 20.2 Å². The molecule has 0 unspecified atom stereocenters. The molecule has 0 aromatic heterocycles. The molecule has 0 aromatic rings. The van der Waals surface area contributed by atoms with E-state index in [2.05, 4.69) is 7.05 Å². The summed E-state index contributed by atoms with van der Waals surface area (Å²) in [4.78, 5) is 11.2. The van der Waals surface area contributed by atoms with Gasteiger partial charge in [0.15, 0.2) is 20.2 Å². The molecule has 3 aliphatic rings. The average molecular weight is 469 g/mol. The number of primary amides is 1. The van der Waals surface area contributed by atoms with Crippen molar-refractivity contribution in [2.75, 3.05) is 46.3 Å². The predicted octanol–water partition coefficient (Wildman–Crippen LogP) is -0.541. The fraction of sp³-hybridized carbons (Fsp3) is 0.900. The monoisotopic (exact) mass is 469 g/mol. The number of carbonyl (C=O) groups excluding carboxylic acids is 1. The van der Waals surface area contributed by atoms with Crippen molar-refractivity contribution in [1.29, 1.82) is 0 Å². The average Bonchev–Trinajstić information content (AvgIpc) is 2.45. The first-order valence-electron chi connectivity index (χ1n) is 7.10. The van der Waals surface area contributed by atoms with Gasteiger partial charge in [-0.05, 0) is 0 Å². The highest BCUT2D eigenvalue weighted by atomic mass is 32.2. The third-order valence-electron chi connectivity index (χ3n) is 4.24. The second-order valence-electron chi connectivity index (χ2n) is 6.24. The summed E-state index contributed by atoms with van der Waals surface area (Å²) in [5, 5.41) is 0. The van der Waals surface area contributed by atoms with Crippen molar-refractivity contribution < 1.29 is 66.0 Å². The maximum absolute atomic E-state index is 11.2. The van der Waals surface area contributed by atoms with E-state index in [4.69, 9.17) is 31.7 Å². The Morgan fingerprint density at radius 2 is 1.00 bits per heavy atom. The number of hydrogen-bond donors (Lipinski definition) is 1. The Morgan fingerprint density at radius 3 is 1.14 bits per heavy atom. The van der Waals surface area contributed by atoms with Crippen LogP contribution in [0.3, 0.4) is 0 Å². The standard InChI is InChI=1S/C8H16N3O.2CHF3O3S/c1-10-2-5-11(6-3-10,7-4-10)8(9)12;2*2-1(3,4)8(5,6)7/h2-7H2,1H3,(H-,9,12);2*(H,5,6,7)/q+1;;/p-1. The first kappa shape index (κ1) is 26.8. The molecule has 18 heteroatoms. The molecule has 2 bridgehead atoms. The number of fused-ring (bicyclic) bond motifs is 3. The maximum atomic E-state index is 11.2. The quantitative estimate of drug-likeness (QED) is 0.216. The highest BCUT2D eigenvalue weighted by molar-refractivity contribution is 7.86. The van der Waals surface area contributed by atoms with E-state index in [9.17, 15) is 31.1 Å². The van der Waals surface area contributed by atoms with E-state index in [1.165, 1.54) is 0 Å². The van der Waals surface area contributed by atoms with E-state index in [1.807, 2.05) is 0 Å². The molecule has 2 amide bonds. The van der Waals surface area contributed by atoms with E-state index < -0.39 is 31.3 Å². The highest BCUT2D eigenvalue weighted by Gasteiger charge is 2.50. The van der Waals surface area contributed by atoms with E-state index in [1.54, 1.807) is 0 Å². The fourth-order valence-electron chi connectivity index (χ4n) is 2.30. The molecule has 2 N–H and O–H groups in total. The lowest BCUT2D eigenvalue weighted by Crippen LogP contribution is -2.76. The lowest BCUT2D eigenvalue weighted by molar-refractivity contribution is -1.04. The second kappa shape index (κ2) is 8.27. The number of hydrogen-bond acceptors (Lipinski definition) is 7. The van der Waals surface area contributed by atoms with Gasteiger partial charge >= 0.3 is 17.0 Å². The summed E-state index contributed by atoms with van der Waals surface area (Å²) in [5.41, 5.74) is -5.88. The van der Waals surface area contributed by atoms with Gasteiger partial charge in [0.1, 0.15) is 39.3 Å². The van der Waals surface area contributed by atoms with Crippen LogP contribution in [0.2, 0.25) is 0 Å². The number of quaternary nitrogens is 2. The van der Waals surface area contributed by atoms with Crippen LogP contribution in [0.1, 0.15) is 0 Å². The van der Waals surface area contributed by atoms with E-state index in [0.29, 0.717) is 4.48 Å². The Bertz CT molecular complexity index is 712. The molecule has 0 aromatic carbocycles. The third-order valence-corrected chi connectivity index (χ3v) is 5.37. The van der Waals surface area contributed by atoms with Gasteiger partial charge in [0, 0.05) is 0 Å². The smallest absolute Gasteiger partial charge is 0.485 e. The van der Waals surface area contributed by atoms with Crippen LogP contribution in [0.4, 0.5) is 31.1 Å². The van der Waals surface area contributed by atoms with Gasteiger partial charge in [0.05, 0.1) is 7.05 Å². The van der Waals surface area contributed by atoms with Crippen molar-refractivity contribution in [1.82, 2.24) is 0 Å². The molecule has 28 heavy (non-hydrogen) atoms. The molecule has 3 fully saturated rings. The predicted molar refractivity (Wildman–Crippen MR) is 76.7 cm³/mol. The van der Waals surface area contributed by atoms with Crippen molar-refractivity contribution in [3.8, 4) is 0 Å². The number of amides is 2. The molecule has 3 saturated heterocycles. The minimum Gasteiger partial charge on any atom is -0.741 e. The largest absolute Gasteiger partial charge is 0.741 e. The molecular formula is C10H17F6N3O7S2. The Balaban J connectivity index is 0.000000408. The fourth-order valence-corrected chi connectivity index (χ4v) is 2.30. The Hall–Kier alpha value is -1.21. The maximum Gasteiger partial charge on any atom is 0.485 e. The summed E-state index contributed by atoms with van der Waals surface area (Å²) in [6.07, 6.45) is 0. The van der Waals surface area contributed by atoms with E-state index in [-0.39, 0.29) is 6.03 Å². The molecule has 10 nitrogen and oxygen atoms in total. The molecule has 0 atom stereocenters. The van der Waals surface area contributed by atoms with E-state index in [0.717, 1.165) is 43.8 Å². The number of likely N-dealkylation sites (N-methyl/N-ethyl adjacent to an activating group) is 1. The van der Waals surface area contributed by atoms with Gasteiger partial charge in [0.2, 0.25) is 0 Å². The summed E-state index contributed by atoms with van der Waals surface area (Å²) in [6.45, 7) is 6.19. The number of rotatable bonds is 0. The van der Waals surface area contributed by atoms with Crippen LogP contribution in [0, 0.1) is 0 Å². The van der Waals surface area contributed by atoms with Crippen molar-refractivity contribution in [2.45, 2.75) is 11.0 Å². The van der Waals surface area contributed by atoms with Gasteiger partial charge in [-0.15, -0.1) is 0 Å². The number of piperazine rings is 3. The van der Waals surface area contributed by atoms with Crippen LogP contribution in [0.15, 0.2) is 0 Å². The normalized spacial score (nSPS) is 27.8. The molecule has 3 heterocycles. The second-order valence-corrected chi connectivity index (χ2v) is 8.99. The van der Waals surface area contributed by atoms with Gasteiger partial charge < -0.3 is 19.3 Å². The summed E-state index contributed by atoms with van der Waals surface area (Å²) < 4.78 is 120. The molecule has 0 radical (unpaired) electrons. The van der Waals surface area contributed by atoms with Crippen LogP contribution < -0.4 is 5.73 Å². The Labute approximate surface area is 156 Å². The number of nitrogens with zero attached hydrogens (tertiary/aromatic N) is 2. The molecule has 3 aliphatic heterocycles. The van der Waals surface area contributed by atoms with Crippen molar-refractivity contribution >= 4 is 26.3 Å². The summed E-state index contributed by atoms with van der Waals surface area (Å²) >= 11 is 0. The number of halogens is 6. The van der Waals surface area contributed by atoms with Crippen molar-refractivity contribution in [3.63, 3.8) is 0 Å². The third kappa shape index (κ3) is 7.32. The van der Waals surface area contributed by atoms with Gasteiger partial charge in [0.25, 0.3) is 0 Å². The number of carbonyl (C=O) groups is 1. The molecule has 3 rings (SSSR count). The first-order chi connectivity index (χ1) is 12.1. The summed E-state index contributed by atoms with van der Waals surface area (Å²) in [7, 11) is -9.91. The lowest BCUT2D eigenvalue weighted by Gasteiger charge is -2.51. The van der Waals surface area contributed by atoms with Crippen LogP contribution in [0.25, 0.3) is 0 Å². The molecule has 0 aliphatic carbocycles. The Morgan fingerprint density at radius 1 is 0.786 bits per heavy atom. The molecule has 0 saturated carbocycles. The van der Waals surface area contributed by atoms with Crippen molar-refractivity contribution in [3.05, 3.63) is 0 Å². The molecular weight excluding hydrogens is 452 g/mol. The lowest BCUT2D eigenvalue weighted by atomic mass is 10.1. The SMILES string of the molecule is C[N+]12CC[N+](C(N)=O)(CC1)CC2.O=S(=O)([O-])C(F)(F)F.O=S(=O)([O-])C(F)(F)F. The first-order valence-corrected chi connectivity index (χ1v) is 9.92. The zero-order valence-electron chi connectivity index (χ0n) is 14.2.